The highest BCUT2D eigenvalue weighted by Crippen LogP contribution is 2.22. The molecule has 8 nitrogen and oxygen atoms in total. The van der Waals surface area contributed by atoms with Crippen molar-refractivity contribution in [3.8, 4) is 17.2 Å². The maximum atomic E-state index is 4.82. The molecule has 0 spiro atoms. The van der Waals surface area contributed by atoms with Crippen LogP contribution in [0.1, 0.15) is 31.2 Å². The van der Waals surface area contributed by atoms with Crippen molar-refractivity contribution in [3.63, 3.8) is 0 Å². The molecule has 0 amide bonds. The van der Waals surface area contributed by atoms with Gasteiger partial charge in [0.05, 0.1) is 12.2 Å². The molecule has 150 valence electrons. The second-order valence-corrected chi connectivity index (χ2v) is 7.24. The number of hydrogen-bond acceptors (Lipinski definition) is 5. The number of H-pyrrole nitrogens is 1. The molecule has 0 aliphatic rings. The van der Waals surface area contributed by atoms with Gasteiger partial charge in [0.25, 0.3) is 0 Å². The lowest BCUT2D eigenvalue weighted by Crippen LogP contribution is -2.06. The molecular formula is C22H22N8. The maximum absolute atomic E-state index is 4.82. The van der Waals surface area contributed by atoms with Crippen LogP contribution in [0.25, 0.3) is 28.4 Å². The topological polar surface area (TPSA) is 90.1 Å². The number of nitrogens with one attached hydrogen (secondary N) is 1. The third-order valence-electron chi connectivity index (χ3n) is 5.23. The quantitative estimate of drug-likeness (QED) is 0.450. The van der Waals surface area contributed by atoms with Gasteiger partial charge in [-0.25, -0.2) is 15.1 Å². The molecule has 1 aromatic carbocycles. The van der Waals surface area contributed by atoms with Crippen molar-refractivity contribution in [2.75, 3.05) is 0 Å². The number of tetrazole rings is 1. The Morgan fingerprint density at radius 2 is 1.93 bits per heavy atom. The van der Waals surface area contributed by atoms with Crippen molar-refractivity contribution >= 4 is 11.2 Å². The molecule has 4 heterocycles. The molecule has 0 aliphatic heterocycles. The van der Waals surface area contributed by atoms with Crippen LogP contribution in [0.3, 0.4) is 0 Å². The third-order valence-corrected chi connectivity index (χ3v) is 5.23. The summed E-state index contributed by atoms with van der Waals surface area (Å²) in [7, 11) is 0. The van der Waals surface area contributed by atoms with E-state index in [-0.39, 0.29) is 0 Å². The number of benzene rings is 1. The SMILES string of the molecule is CCCCc1nc2cccnc2n1Cc1ccc(-n2cccc2-c2nnn[nH]2)cc1. The monoisotopic (exact) mass is 398 g/mol. The highest BCUT2D eigenvalue weighted by Gasteiger charge is 2.13. The fourth-order valence-corrected chi connectivity index (χ4v) is 3.71. The zero-order valence-corrected chi connectivity index (χ0v) is 16.7. The number of hydrogen-bond donors (Lipinski definition) is 1. The van der Waals surface area contributed by atoms with Crippen molar-refractivity contribution in [2.24, 2.45) is 0 Å². The zero-order valence-electron chi connectivity index (χ0n) is 16.7. The minimum absolute atomic E-state index is 0.639. The van der Waals surface area contributed by atoms with Gasteiger partial charge in [-0.2, -0.15) is 0 Å². The summed E-state index contributed by atoms with van der Waals surface area (Å²) in [6, 6.07) is 16.5. The Hall–Kier alpha value is -3.81. The van der Waals surface area contributed by atoms with Crippen molar-refractivity contribution in [2.45, 2.75) is 32.7 Å². The van der Waals surface area contributed by atoms with E-state index in [4.69, 9.17) is 4.98 Å². The van der Waals surface area contributed by atoms with Crippen molar-refractivity contribution in [3.05, 3.63) is 72.3 Å². The summed E-state index contributed by atoms with van der Waals surface area (Å²) in [4.78, 5) is 9.40. The standard InChI is InChI=1S/C22H22N8/c1-2-3-8-20-24-18-6-4-13-23-22(18)30(20)15-16-9-11-17(12-10-16)29-14-5-7-19(29)21-25-27-28-26-21/h4-7,9-14H,2-3,8,15H2,1H3,(H,25,26,27,28). The molecule has 0 unspecified atom stereocenters. The van der Waals surface area contributed by atoms with E-state index in [9.17, 15) is 0 Å². The largest absolute Gasteiger partial charge is 0.314 e. The molecule has 0 saturated heterocycles. The average molecular weight is 398 g/mol. The van der Waals surface area contributed by atoms with Crippen LogP contribution >= 0.6 is 0 Å². The molecule has 0 atom stereocenters. The Balaban J connectivity index is 1.45. The van der Waals surface area contributed by atoms with Crippen molar-refractivity contribution < 1.29 is 0 Å². The van der Waals surface area contributed by atoms with Crippen LogP contribution in [0, 0.1) is 0 Å². The molecule has 8 heteroatoms. The van der Waals surface area contributed by atoms with Gasteiger partial charge in [0.15, 0.2) is 11.5 Å². The number of aryl methyl sites for hydroxylation is 1. The number of pyridine rings is 1. The third kappa shape index (κ3) is 3.36. The van der Waals surface area contributed by atoms with E-state index in [0.29, 0.717) is 5.82 Å². The van der Waals surface area contributed by atoms with Crippen LogP contribution in [-0.2, 0) is 13.0 Å². The molecular weight excluding hydrogens is 376 g/mol. The number of rotatable bonds is 7. The normalized spacial score (nSPS) is 11.4. The van der Waals surface area contributed by atoms with E-state index in [1.165, 1.54) is 5.56 Å². The predicted octanol–water partition coefficient (Wildman–Crippen LogP) is 3.79. The fraction of sp³-hybridized carbons (Fsp3) is 0.227. The van der Waals surface area contributed by atoms with Gasteiger partial charge in [-0.1, -0.05) is 25.5 Å². The van der Waals surface area contributed by atoms with Crippen LogP contribution < -0.4 is 0 Å². The highest BCUT2D eigenvalue weighted by atomic mass is 15.5. The summed E-state index contributed by atoms with van der Waals surface area (Å²) in [5, 5.41) is 14.2. The van der Waals surface area contributed by atoms with E-state index in [0.717, 1.165) is 54.2 Å². The first-order chi connectivity index (χ1) is 14.8. The number of imidazole rings is 1. The van der Waals surface area contributed by atoms with Gasteiger partial charge in [-0.3, -0.25) is 0 Å². The molecule has 0 fully saturated rings. The van der Waals surface area contributed by atoms with E-state index in [2.05, 4.69) is 65.9 Å². The molecule has 5 rings (SSSR count). The number of fused-ring (bicyclic) bond motifs is 1. The number of nitrogens with zero attached hydrogens (tertiary/aromatic N) is 7. The second kappa shape index (κ2) is 7.90. The molecule has 1 N–H and O–H groups in total. The van der Waals surface area contributed by atoms with Gasteiger partial charge in [-0.15, -0.1) is 5.10 Å². The van der Waals surface area contributed by atoms with Gasteiger partial charge in [0, 0.05) is 24.5 Å². The maximum Gasteiger partial charge on any atom is 0.196 e. The molecule has 30 heavy (non-hydrogen) atoms. The smallest absolute Gasteiger partial charge is 0.196 e. The van der Waals surface area contributed by atoms with Crippen LogP contribution in [0.5, 0.6) is 0 Å². The Kier molecular flexibility index (Phi) is 4.80. The van der Waals surface area contributed by atoms with Gasteiger partial charge in [-0.05, 0) is 58.8 Å². The zero-order chi connectivity index (χ0) is 20.3. The van der Waals surface area contributed by atoms with Crippen molar-refractivity contribution in [1.29, 1.82) is 0 Å². The molecule has 5 aromatic rings. The van der Waals surface area contributed by atoms with Gasteiger partial charge < -0.3 is 9.13 Å². The fourth-order valence-electron chi connectivity index (χ4n) is 3.71. The van der Waals surface area contributed by atoms with Gasteiger partial charge in [0.2, 0.25) is 0 Å². The summed E-state index contributed by atoms with van der Waals surface area (Å²) >= 11 is 0. The Labute approximate surface area is 173 Å². The number of aromatic amines is 1. The molecule has 0 bridgehead atoms. The van der Waals surface area contributed by atoms with Crippen LogP contribution in [-0.4, -0.2) is 39.7 Å². The molecule has 0 aliphatic carbocycles. The number of unbranched alkanes of at least 4 members (excludes halogenated alkanes) is 1. The summed E-state index contributed by atoms with van der Waals surface area (Å²) in [6.45, 7) is 2.95. The molecule has 0 saturated carbocycles. The van der Waals surface area contributed by atoms with E-state index in [1.54, 1.807) is 0 Å². The summed E-state index contributed by atoms with van der Waals surface area (Å²) in [6.07, 6.45) is 7.06. The lowest BCUT2D eigenvalue weighted by molar-refractivity contribution is 0.686. The van der Waals surface area contributed by atoms with E-state index < -0.39 is 0 Å². The Bertz CT molecular complexity index is 1250. The van der Waals surface area contributed by atoms with E-state index in [1.807, 2.05) is 36.7 Å². The van der Waals surface area contributed by atoms with Gasteiger partial charge in [0.1, 0.15) is 11.3 Å². The predicted molar refractivity (Wildman–Crippen MR) is 114 cm³/mol. The van der Waals surface area contributed by atoms with E-state index >= 15 is 0 Å². The van der Waals surface area contributed by atoms with Gasteiger partial charge >= 0.3 is 0 Å². The highest BCUT2D eigenvalue weighted by molar-refractivity contribution is 5.71. The lowest BCUT2D eigenvalue weighted by atomic mass is 10.2. The van der Waals surface area contributed by atoms with Crippen LogP contribution in [0.4, 0.5) is 0 Å². The second-order valence-electron chi connectivity index (χ2n) is 7.24. The minimum atomic E-state index is 0.639. The Morgan fingerprint density at radius 3 is 2.73 bits per heavy atom. The molecule has 4 aromatic heterocycles. The van der Waals surface area contributed by atoms with Crippen molar-refractivity contribution in [1.82, 2.24) is 39.7 Å². The average Bonchev–Trinajstić information content (AvgIpc) is 3.53. The summed E-state index contributed by atoms with van der Waals surface area (Å²) < 4.78 is 4.30. The first kappa shape index (κ1) is 18.2. The van der Waals surface area contributed by atoms with Crippen LogP contribution in [0.2, 0.25) is 0 Å². The minimum Gasteiger partial charge on any atom is -0.314 e. The lowest BCUT2D eigenvalue weighted by Gasteiger charge is -2.11. The summed E-state index contributed by atoms with van der Waals surface area (Å²) in [5.41, 5.74) is 5.07. The Morgan fingerprint density at radius 1 is 1.03 bits per heavy atom. The van der Waals surface area contributed by atoms with Crippen LogP contribution in [0.15, 0.2) is 60.9 Å². The molecule has 0 radical (unpaired) electrons. The number of aromatic nitrogens is 8. The summed E-state index contributed by atoms with van der Waals surface area (Å²) in [5.74, 6) is 1.74. The first-order valence-electron chi connectivity index (χ1n) is 10.1. The first-order valence-corrected chi connectivity index (χ1v) is 10.1.